The molecule has 23 heavy (non-hydrogen) atoms. The summed E-state index contributed by atoms with van der Waals surface area (Å²) in [6.07, 6.45) is 2.49. The monoisotopic (exact) mass is 311 g/mol. The Kier molecular flexibility index (Phi) is 4.65. The number of aliphatic imine (C=N–C) groups is 1. The third kappa shape index (κ3) is 3.92. The van der Waals surface area contributed by atoms with Gasteiger partial charge in [0.25, 0.3) is 0 Å². The van der Waals surface area contributed by atoms with Crippen molar-refractivity contribution < 1.29 is 0 Å². The molecule has 1 heterocycles. The Morgan fingerprint density at radius 3 is 2.78 bits per heavy atom. The number of hydrogen-bond acceptors (Lipinski definition) is 3. The Morgan fingerprint density at radius 2 is 2.09 bits per heavy atom. The molecule has 1 aromatic heterocycles. The van der Waals surface area contributed by atoms with Gasteiger partial charge in [-0.1, -0.05) is 18.2 Å². The summed E-state index contributed by atoms with van der Waals surface area (Å²) >= 11 is 0. The smallest absolute Gasteiger partial charge is 0.191 e. The first kappa shape index (κ1) is 15.6. The van der Waals surface area contributed by atoms with Crippen LogP contribution in [0.3, 0.4) is 0 Å². The highest BCUT2D eigenvalue weighted by Gasteiger charge is 2.22. The molecular weight excluding hydrogens is 286 g/mol. The second-order valence-electron chi connectivity index (χ2n) is 6.16. The van der Waals surface area contributed by atoms with Crippen LogP contribution in [0.25, 0.3) is 10.9 Å². The maximum atomic E-state index is 4.76. The fraction of sp³-hybridized carbons (Fsp3) is 0.444. The second-order valence-corrected chi connectivity index (χ2v) is 6.16. The summed E-state index contributed by atoms with van der Waals surface area (Å²) in [5, 5.41) is 7.95. The molecule has 2 aromatic rings. The number of nitrogens with one attached hydrogen (secondary N) is 2. The number of nitrogens with zero attached hydrogens (tertiary/aromatic N) is 3. The predicted octanol–water partition coefficient (Wildman–Crippen LogP) is 2.52. The Bertz CT molecular complexity index is 704. The number of benzene rings is 1. The first-order valence-electron chi connectivity index (χ1n) is 8.28. The van der Waals surface area contributed by atoms with E-state index < -0.39 is 0 Å². The third-order valence-corrected chi connectivity index (χ3v) is 3.92. The maximum Gasteiger partial charge on any atom is 0.191 e. The van der Waals surface area contributed by atoms with Crippen LogP contribution in [0.2, 0.25) is 0 Å². The van der Waals surface area contributed by atoms with Gasteiger partial charge >= 0.3 is 0 Å². The lowest BCUT2D eigenvalue weighted by Crippen LogP contribution is -2.38. The van der Waals surface area contributed by atoms with Gasteiger partial charge in [0, 0.05) is 32.1 Å². The Labute approximate surface area is 137 Å². The number of pyridine rings is 1. The van der Waals surface area contributed by atoms with Crippen molar-refractivity contribution in [2.24, 2.45) is 4.99 Å². The van der Waals surface area contributed by atoms with Gasteiger partial charge < -0.3 is 15.5 Å². The Hall–Kier alpha value is -2.30. The minimum atomic E-state index is 0.597. The summed E-state index contributed by atoms with van der Waals surface area (Å²) in [4.78, 5) is 11.5. The molecule has 5 heteroatoms. The van der Waals surface area contributed by atoms with Gasteiger partial charge in [-0.25, -0.2) is 9.98 Å². The van der Waals surface area contributed by atoms with Crippen LogP contribution >= 0.6 is 0 Å². The van der Waals surface area contributed by atoms with Crippen molar-refractivity contribution in [3.63, 3.8) is 0 Å². The lowest BCUT2D eigenvalue weighted by Gasteiger charge is -2.15. The minimum absolute atomic E-state index is 0.597. The van der Waals surface area contributed by atoms with Crippen LogP contribution < -0.4 is 15.5 Å². The van der Waals surface area contributed by atoms with E-state index in [-0.39, 0.29) is 0 Å². The SMILES string of the molecule is CCNC(=NCc1cc(N(C)C)nc2ccccc12)NC1CC1. The van der Waals surface area contributed by atoms with E-state index in [4.69, 9.17) is 9.98 Å². The zero-order valence-electron chi connectivity index (χ0n) is 14.1. The van der Waals surface area contributed by atoms with E-state index in [1.165, 1.54) is 23.8 Å². The van der Waals surface area contributed by atoms with E-state index in [1.807, 2.05) is 25.1 Å². The zero-order chi connectivity index (χ0) is 16.2. The van der Waals surface area contributed by atoms with Gasteiger partial charge in [0.05, 0.1) is 12.1 Å². The summed E-state index contributed by atoms with van der Waals surface area (Å²) < 4.78 is 0. The molecule has 0 saturated heterocycles. The van der Waals surface area contributed by atoms with Gasteiger partial charge in [0.2, 0.25) is 0 Å². The van der Waals surface area contributed by atoms with Gasteiger partial charge in [0.1, 0.15) is 5.82 Å². The Balaban J connectivity index is 1.90. The Morgan fingerprint density at radius 1 is 1.30 bits per heavy atom. The summed E-state index contributed by atoms with van der Waals surface area (Å²) in [5.74, 6) is 1.87. The van der Waals surface area contributed by atoms with Crippen LogP contribution in [-0.4, -0.2) is 37.6 Å². The number of anilines is 1. The number of rotatable bonds is 5. The number of guanidine groups is 1. The number of aromatic nitrogens is 1. The zero-order valence-corrected chi connectivity index (χ0v) is 14.1. The minimum Gasteiger partial charge on any atom is -0.363 e. The van der Waals surface area contributed by atoms with Crippen LogP contribution in [-0.2, 0) is 6.54 Å². The number of hydrogen-bond donors (Lipinski definition) is 2. The van der Waals surface area contributed by atoms with Gasteiger partial charge in [-0.2, -0.15) is 0 Å². The largest absolute Gasteiger partial charge is 0.363 e. The molecule has 0 spiro atoms. The first-order valence-corrected chi connectivity index (χ1v) is 8.28. The van der Waals surface area contributed by atoms with Crippen molar-refractivity contribution in [1.29, 1.82) is 0 Å². The number of para-hydroxylation sites is 1. The van der Waals surface area contributed by atoms with Gasteiger partial charge in [0.15, 0.2) is 5.96 Å². The fourth-order valence-electron chi connectivity index (χ4n) is 2.50. The van der Waals surface area contributed by atoms with E-state index in [2.05, 4.69) is 41.8 Å². The van der Waals surface area contributed by atoms with Crippen LogP contribution in [0.15, 0.2) is 35.3 Å². The quantitative estimate of drug-likeness (QED) is 0.658. The lowest BCUT2D eigenvalue weighted by molar-refractivity contribution is 0.812. The molecule has 3 rings (SSSR count). The summed E-state index contributed by atoms with van der Waals surface area (Å²) in [5.41, 5.74) is 2.22. The van der Waals surface area contributed by atoms with E-state index in [0.29, 0.717) is 12.6 Å². The van der Waals surface area contributed by atoms with Gasteiger partial charge in [-0.3, -0.25) is 0 Å². The second kappa shape index (κ2) is 6.86. The van der Waals surface area contributed by atoms with Crippen molar-refractivity contribution >= 4 is 22.7 Å². The number of fused-ring (bicyclic) bond motifs is 1. The molecule has 0 aliphatic heterocycles. The maximum absolute atomic E-state index is 4.76. The van der Waals surface area contributed by atoms with Crippen LogP contribution in [0.4, 0.5) is 5.82 Å². The van der Waals surface area contributed by atoms with Crippen molar-refractivity contribution in [1.82, 2.24) is 15.6 Å². The average Bonchev–Trinajstić information content (AvgIpc) is 3.36. The highest BCUT2D eigenvalue weighted by Crippen LogP contribution is 2.23. The molecule has 1 fully saturated rings. The van der Waals surface area contributed by atoms with Gasteiger partial charge in [-0.15, -0.1) is 0 Å². The molecule has 0 radical (unpaired) electrons. The fourth-order valence-corrected chi connectivity index (χ4v) is 2.50. The topological polar surface area (TPSA) is 52.6 Å². The van der Waals surface area contributed by atoms with E-state index in [0.717, 1.165) is 23.8 Å². The molecule has 0 atom stereocenters. The van der Waals surface area contributed by atoms with Crippen molar-refractivity contribution in [2.75, 3.05) is 25.5 Å². The lowest BCUT2D eigenvalue weighted by atomic mass is 10.1. The van der Waals surface area contributed by atoms with E-state index >= 15 is 0 Å². The van der Waals surface area contributed by atoms with E-state index in [1.54, 1.807) is 0 Å². The van der Waals surface area contributed by atoms with Crippen molar-refractivity contribution in [3.05, 3.63) is 35.9 Å². The van der Waals surface area contributed by atoms with Crippen LogP contribution in [0.5, 0.6) is 0 Å². The molecule has 1 aromatic carbocycles. The standard InChI is InChI=1S/C18H25N5/c1-4-19-18(21-14-9-10-14)20-12-13-11-17(23(2)3)22-16-8-6-5-7-15(13)16/h5-8,11,14H,4,9-10,12H2,1-3H3,(H2,19,20,21). The van der Waals surface area contributed by atoms with Crippen molar-refractivity contribution in [2.45, 2.75) is 32.4 Å². The molecule has 0 bridgehead atoms. The highest BCUT2D eigenvalue weighted by atomic mass is 15.2. The van der Waals surface area contributed by atoms with Crippen molar-refractivity contribution in [3.8, 4) is 0 Å². The molecule has 1 saturated carbocycles. The first-order chi connectivity index (χ1) is 11.2. The molecule has 1 aliphatic carbocycles. The summed E-state index contributed by atoms with van der Waals surface area (Å²) in [7, 11) is 4.03. The molecular formula is C18H25N5. The average molecular weight is 311 g/mol. The van der Waals surface area contributed by atoms with Crippen LogP contribution in [0.1, 0.15) is 25.3 Å². The molecule has 5 nitrogen and oxygen atoms in total. The van der Waals surface area contributed by atoms with E-state index in [9.17, 15) is 0 Å². The molecule has 0 unspecified atom stereocenters. The molecule has 1 aliphatic rings. The van der Waals surface area contributed by atoms with Crippen LogP contribution in [0, 0.1) is 0 Å². The molecule has 122 valence electrons. The molecule has 2 N–H and O–H groups in total. The summed E-state index contributed by atoms with van der Waals surface area (Å²) in [6.45, 7) is 3.61. The molecule has 0 amide bonds. The summed E-state index contributed by atoms with van der Waals surface area (Å²) in [6, 6.07) is 11.0. The third-order valence-electron chi connectivity index (χ3n) is 3.92. The highest BCUT2D eigenvalue weighted by molar-refractivity contribution is 5.85. The van der Waals surface area contributed by atoms with Gasteiger partial charge in [-0.05, 0) is 37.5 Å². The predicted molar refractivity (Wildman–Crippen MR) is 97.0 cm³/mol. The normalized spacial score (nSPS) is 14.8.